The Hall–Kier alpha value is -3.28. The minimum absolute atomic E-state index is 0.0124. The van der Waals surface area contributed by atoms with Crippen LogP contribution in [0.5, 0.6) is 0 Å². The van der Waals surface area contributed by atoms with E-state index in [1.165, 1.54) is 11.8 Å². The van der Waals surface area contributed by atoms with Crippen molar-refractivity contribution in [1.82, 2.24) is 14.4 Å². The molecule has 1 aliphatic heterocycles. The van der Waals surface area contributed by atoms with Crippen LogP contribution in [0.1, 0.15) is 67.0 Å². The van der Waals surface area contributed by atoms with Crippen LogP contribution in [0.4, 0.5) is 0 Å². The lowest BCUT2D eigenvalue weighted by Crippen LogP contribution is -2.49. The Kier molecular flexibility index (Phi) is 6.21. The third kappa shape index (κ3) is 4.22. The Labute approximate surface area is 189 Å². The second kappa shape index (κ2) is 9.07. The predicted octanol–water partition coefficient (Wildman–Crippen LogP) is 4.69. The van der Waals surface area contributed by atoms with Crippen LogP contribution in [0.2, 0.25) is 0 Å². The summed E-state index contributed by atoms with van der Waals surface area (Å²) in [5, 5.41) is 0. The maximum Gasteiger partial charge on any atom is 0.290 e. The van der Waals surface area contributed by atoms with Crippen LogP contribution in [0.15, 0.2) is 65.4 Å². The van der Waals surface area contributed by atoms with Crippen LogP contribution in [0.3, 0.4) is 0 Å². The summed E-state index contributed by atoms with van der Waals surface area (Å²) in [5.41, 5.74) is 3.44. The summed E-state index contributed by atoms with van der Waals surface area (Å²) >= 11 is 0. The summed E-state index contributed by atoms with van der Waals surface area (Å²) in [6, 6.07) is 15.6. The Balaban J connectivity index is 1.63. The average Bonchev–Trinajstić information content (AvgIpc) is 3.48. The molecule has 6 heteroatoms. The molecule has 168 valence electrons. The molecule has 0 saturated carbocycles. The van der Waals surface area contributed by atoms with Crippen LogP contribution in [-0.4, -0.2) is 45.3 Å². The maximum atomic E-state index is 13.6. The van der Waals surface area contributed by atoms with E-state index in [1.807, 2.05) is 24.8 Å². The summed E-state index contributed by atoms with van der Waals surface area (Å²) in [7, 11) is 0. The molecule has 32 heavy (non-hydrogen) atoms. The summed E-state index contributed by atoms with van der Waals surface area (Å²) in [5.74, 6) is 0.365. The van der Waals surface area contributed by atoms with E-state index in [-0.39, 0.29) is 36.2 Å². The molecule has 6 nitrogen and oxygen atoms in total. The quantitative estimate of drug-likeness (QED) is 0.567. The first-order valence-corrected chi connectivity index (χ1v) is 11.3. The second-order valence-electron chi connectivity index (χ2n) is 8.94. The number of fused-ring (bicyclic) bond motifs is 1. The maximum absolute atomic E-state index is 13.6. The monoisotopic (exact) mass is 433 g/mol. The summed E-state index contributed by atoms with van der Waals surface area (Å²) in [6.07, 6.45) is 3.54. The normalized spacial score (nSPS) is 15.8. The van der Waals surface area contributed by atoms with E-state index in [0.717, 1.165) is 17.8 Å². The Bertz CT molecular complexity index is 1060. The zero-order chi connectivity index (χ0) is 22.8. The fourth-order valence-electron chi connectivity index (χ4n) is 4.33. The lowest BCUT2D eigenvalue weighted by molar-refractivity contribution is -0.135. The van der Waals surface area contributed by atoms with Gasteiger partial charge in [-0.05, 0) is 55.2 Å². The van der Waals surface area contributed by atoms with E-state index in [9.17, 15) is 9.59 Å². The molecule has 0 saturated heterocycles. The van der Waals surface area contributed by atoms with Crippen LogP contribution in [-0.2, 0) is 11.3 Å². The smallest absolute Gasteiger partial charge is 0.290 e. The second-order valence-corrected chi connectivity index (χ2v) is 8.94. The summed E-state index contributed by atoms with van der Waals surface area (Å²) in [4.78, 5) is 30.0. The van der Waals surface area contributed by atoms with E-state index < -0.39 is 0 Å². The van der Waals surface area contributed by atoms with E-state index >= 15 is 0 Å². The molecule has 3 aromatic rings. The van der Waals surface area contributed by atoms with Crippen molar-refractivity contribution in [3.05, 3.63) is 83.6 Å². The van der Waals surface area contributed by atoms with E-state index in [2.05, 4.69) is 54.9 Å². The van der Waals surface area contributed by atoms with Gasteiger partial charge in [-0.3, -0.25) is 9.59 Å². The van der Waals surface area contributed by atoms with Crippen LogP contribution in [0.25, 0.3) is 0 Å². The molecule has 0 fully saturated rings. The van der Waals surface area contributed by atoms with Crippen molar-refractivity contribution in [2.45, 2.75) is 52.2 Å². The van der Waals surface area contributed by atoms with Crippen molar-refractivity contribution in [3.8, 4) is 0 Å². The van der Waals surface area contributed by atoms with Crippen LogP contribution < -0.4 is 0 Å². The molecule has 1 atom stereocenters. The third-order valence-electron chi connectivity index (χ3n) is 6.20. The molecular weight excluding hydrogens is 402 g/mol. The van der Waals surface area contributed by atoms with Gasteiger partial charge < -0.3 is 18.8 Å². The lowest BCUT2D eigenvalue weighted by atomic mass is 9.95. The van der Waals surface area contributed by atoms with Gasteiger partial charge in [-0.25, -0.2) is 0 Å². The number of hydrogen-bond donors (Lipinski definition) is 0. The highest BCUT2D eigenvalue weighted by Gasteiger charge is 2.34. The summed E-state index contributed by atoms with van der Waals surface area (Å²) in [6.45, 7) is 9.52. The number of furan rings is 1. The molecule has 0 spiro atoms. The number of nitrogens with zero attached hydrogens (tertiary/aromatic N) is 3. The standard InChI is InChI=1S/C26H31N3O3/c1-18(2)20-9-11-21(12-10-20)25-22-7-5-13-27(22)14-15-28(25)24(30)17-29(19(3)4)26(31)23-8-6-16-32-23/h5-13,16,18-19,25H,14-15,17H2,1-4H3. The Morgan fingerprint density at radius 3 is 2.41 bits per heavy atom. The van der Waals surface area contributed by atoms with Crippen molar-refractivity contribution in [2.75, 3.05) is 13.1 Å². The average molecular weight is 434 g/mol. The number of carbonyl (C=O) groups excluding carboxylic acids is 2. The molecule has 0 N–H and O–H groups in total. The van der Waals surface area contributed by atoms with Crippen molar-refractivity contribution in [1.29, 1.82) is 0 Å². The van der Waals surface area contributed by atoms with E-state index in [0.29, 0.717) is 12.5 Å². The van der Waals surface area contributed by atoms with E-state index in [1.54, 1.807) is 17.0 Å². The first-order chi connectivity index (χ1) is 15.4. The molecule has 2 amide bonds. The van der Waals surface area contributed by atoms with Crippen LogP contribution >= 0.6 is 0 Å². The topological polar surface area (TPSA) is 58.7 Å². The highest BCUT2D eigenvalue weighted by atomic mass is 16.3. The molecule has 0 radical (unpaired) electrons. The zero-order valence-corrected chi connectivity index (χ0v) is 19.2. The van der Waals surface area contributed by atoms with Gasteiger partial charge in [-0.2, -0.15) is 0 Å². The molecule has 1 unspecified atom stereocenters. The zero-order valence-electron chi connectivity index (χ0n) is 19.2. The summed E-state index contributed by atoms with van der Waals surface area (Å²) < 4.78 is 7.50. The minimum atomic E-state index is -0.267. The van der Waals surface area contributed by atoms with Crippen LogP contribution in [0, 0.1) is 0 Å². The molecule has 1 aromatic carbocycles. The minimum Gasteiger partial charge on any atom is -0.459 e. The highest BCUT2D eigenvalue weighted by molar-refractivity contribution is 5.94. The molecule has 0 bridgehead atoms. The number of aromatic nitrogens is 1. The molecule has 1 aliphatic rings. The Morgan fingerprint density at radius 1 is 1.03 bits per heavy atom. The van der Waals surface area contributed by atoms with Gasteiger partial charge in [-0.1, -0.05) is 38.1 Å². The molecule has 0 aliphatic carbocycles. The van der Waals surface area contributed by atoms with Crippen molar-refractivity contribution >= 4 is 11.8 Å². The van der Waals surface area contributed by atoms with Gasteiger partial charge in [0.1, 0.15) is 6.54 Å². The van der Waals surface area contributed by atoms with Gasteiger partial charge in [0.05, 0.1) is 12.3 Å². The lowest BCUT2D eigenvalue weighted by Gasteiger charge is -2.39. The fraction of sp³-hybridized carbons (Fsp3) is 0.385. The number of benzene rings is 1. The van der Waals surface area contributed by atoms with Gasteiger partial charge in [0, 0.05) is 31.0 Å². The van der Waals surface area contributed by atoms with Gasteiger partial charge in [0.2, 0.25) is 5.91 Å². The number of amides is 2. The largest absolute Gasteiger partial charge is 0.459 e. The van der Waals surface area contributed by atoms with Crippen molar-refractivity contribution < 1.29 is 14.0 Å². The van der Waals surface area contributed by atoms with Gasteiger partial charge >= 0.3 is 0 Å². The highest BCUT2D eigenvalue weighted by Crippen LogP contribution is 2.33. The first-order valence-electron chi connectivity index (χ1n) is 11.3. The first kappa shape index (κ1) is 21.9. The number of carbonyl (C=O) groups is 2. The Morgan fingerprint density at radius 2 is 1.78 bits per heavy atom. The molecule has 3 heterocycles. The van der Waals surface area contributed by atoms with Gasteiger partial charge in [-0.15, -0.1) is 0 Å². The number of hydrogen-bond acceptors (Lipinski definition) is 3. The van der Waals surface area contributed by atoms with E-state index in [4.69, 9.17) is 4.42 Å². The predicted molar refractivity (Wildman–Crippen MR) is 123 cm³/mol. The molecular formula is C26H31N3O3. The number of rotatable bonds is 6. The van der Waals surface area contributed by atoms with Gasteiger partial charge in [0.15, 0.2) is 5.76 Å². The third-order valence-corrected chi connectivity index (χ3v) is 6.20. The van der Waals surface area contributed by atoms with Crippen molar-refractivity contribution in [3.63, 3.8) is 0 Å². The molecule has 2 aromatic heterocycles. The SMILES string of the molecule is CC(C)c1ccc(C2c3cccn3CCN2C(=O)CN(C(=O)c2ccco2)C(C)C)cc1. The molecule has 4 rings (SSSR count). The van der Waals surface area contributed by atoms with Gasteiger partial charge in [0.25, 0.3) is 5.91 Å². The fourth-order valence-corrected chi connectivity index (χ4v) is 4.33. The van der Waals surface area contributed by atoms with Crippen molar-refractivity contribution in [2.24, 2.45) is 0 Å².